The monoisotopic (exact) mass is 322 g/mol. The van der Waals surface area contributed by atoms with E-state index < -0.39 is 0 Å². The van der Waals surface area contributed by atoms with E-state index in [1.54, 1.807) is 6.26 Å². The highest BCUT2D eigenvalue weighted by atomic mass is 79.9. The topological polar surface area (TPSA) is 42.4 Å². The van der Waals surface area contributed by atoms with Gasteiger partial charge in [0.2, 0.25) is 0 Å². The van der Waals surface area contributed by atoms with Crippen molar-refractivity contribution < 1.29 is 4.42 Å². The van der Waals surface area contributed by atoms with Crippen molar-refractivity contribution in [2.24, 2.45) is 5.73 Å². The van der Waals surface area contributed by atoms with Crippen LogP contribution in [0.25, 0.3) is 0 Å². The Kier molecular flexibility index (Phi) is 5.19. The third-order valence-electron chi connectivity index (χ3n) is 3.13. The average Bonchev–Trinajstić information content (AvgIpc) is 2.89. The minimum absolute atomic E-state index is 0.0506. The van der Waals surface area contributed by atoms with Crippen LogP contribution >= 0.6 is 15.9 Å². The summed E-state index contributed by atoms with van der Waals surface area (Å²) in [6.07, 6.45) is 2.62. The van der Waals surface area contributed by atoms with E-state index in [4.69, 9.17) is 10.2 Å². The zero-order valence-electron chi connectivity index (χ0n) is 11.1. The van der Waals surface area contributed by atoms with Crippen molar-refractivity contribution in [2.45, 2.75) is 19.0 Å². The number of halogens is 1. The average molecular weight is 323 g/mol. The molecule has 19 heavy (non-hydrogen) atoms. The molecule has 2 rings (SSSR count). The van der Waals surface area contributed by atoms with E-state index in [1.807, 2.05) is 30.3 Å². The van der Waals surface area contributed by atoms with E-state index in [9.17, 15) is 0 Å². The molecule has 1 aromatic carbocycles. The predicted octanol–water partition coefficient (Wildman–Crippen LogP) is 3.56. The molecule has 102 valence electrons. The molecule has 0 amide bonds. The Morgan fingerprint density at radius 2 is 2.05 bits per heavy atom. The Bertz CT molecular complexity index is 499. The van der Waals surface area contributed by atoms with Crippen molar-refractivity contribution in [3.05, 3.63) is 58.5 Å². The summed E-state index contributed by atoms with van der Waals surface area (Å²) in [5.41, 5.74) is 7.40. The van der Waals surface area contributed by atoms with Gasteiger partial charge in [-0.15, -0.1) is 0 Å². The Balaban J connectivity index is 1.83. The van der Waals surface area contributed by atoms with E-state index in [2.05, 4.69) is 33.9 Å². The number of nitrogens with zero attached hydrogens (tertiary/aromatic N) is 1. The quantitative estimate of drug-likeness (QED) is 0.884. The number of hydrogen-bond donors (Lipinski definition) is 1. The van der Waals surface area contributed by atoms with Crippen LogP contribution in [0, 0.1) is 0 Å². The van der Waals surface area contributed by atoms with Crippen LogP contribution in [0.3, 0.4) is 0 Å². The molecule has 0 radical (unpaired) electrons. The van der Waals surface area contributed by atoms with Gasteiger partial charge in [-0.25, -0.2) is 0 Å². The normalized spacial score (nSPS) is 12.8. The molecule has 3 nitrogen and oxygen atoms in total. The van der Waals surface area contributed by atoms with Crippen molar-refractivity contribution in [2.75, 3.05) is 13.6 Å². The van der Waals surface area contributed by atoms with Crippen LogP contribution in [-0.2, 0) is 6.54 Å². The second-order valence-corrected chi connectivity index (χ2v) is 5.59. The summed E-state index contributed by atoms with van der Waals surface area (Å²) < 4.78 is 6.41. The maximum atomic E-state index is 6.24. The van der Waals surface area contributed by atoms with Gasteiger partial charge in [-0.05, 0) is 37.2 Å². The van der Waals surface area contributed by atoms with Crippen LogP contribution in [0.15, 0.2) is 51.6 Å². The molecule has 0 saturated heterocycles. The van der Waals surface area contributed by atoms with Crippen LogP contribution in [0.4, 0.5) is 0 Å². The highest BCUT2D eigenvalue weighted by Crippen LogP contribution is 2.23. The maximum Gasteiger partial charge on any atom is 0.117 e. The number of rotatable bonds is 6. The third kappa shape index (κ3) is 4.20. The molecule has 1 heterocycles. The minimum atomic E-state index is 0.0506. The number of furan rings is 1. The Morgan fingerprint density at radius 1 is 1.26 bits per heavy atom. The van der Waals surface area contributed by atoms with Crippen LogP contribution in [0.1, 0.15) is 23.8 Å². The molecular weight excluding hydrogens is 304 g/mol. The SMILES string of the molecule is CN(CCC(N)c1ccccc1Br)Cc1ccco1. The molecule has 2 N–H and O–H groups in total. The molecule has 0 aliphatic heterocycles. The van der Waals surface area contributed by atoms with Gasteiger partial charge in [-0.2, -0.15) is 0 Å². The molecule has 0 aliphatic carbocycles. The van der Waals surface area contributed by atoms with Gasteiger partial charge in [0.15, 0.2) is 0 Å². The van der Waals surface area contributed by atoms with E-state index >= 15 is 0 Å². The lowest BCUT2D eigenvalue weighted by Crippen LogP contribution is -2.23. The van der Waals surface area contributed by atoms with Crippen molar-refractivity contribution in [3.8, 4) is 0 Å². The van der Waals surface area contributed by atoms with Gasteiger partial charge in [0.25, 0.3) is 0 Å². The third-order valence-corrected chi connectivity index (χ3v) is 3.85. The second-order valence-electron chi connectivity index (χ2n) is 4.73. The predicted molar refractivity (Wildman–Crippen MR) is 80.7 cm³/mol. The second kappa shape index (κ2) is 6.89. The van der Waals surface area contributed by atoms with Gasteiger partial charge in [-0.1, -0.05) is 34.1 Å². The zero-order chi connectivity index (χ0) is 13.7. The standard InChI is InChI=1S/C15H19BrN2O/c1-18(11-12-5-4-10-19-12)9-8-15(17)13-6-2-3-7-14(13)16/h2-7,10,15H,8-9,11,17H2,1H3. The molecule has 0 fully saturated rings. The Hall–Kier alpha value is -1.10. The van der Waals surface area contributed by atoms with E-state index in [1.165, 1.54) is 0 Å². The fraction of sp³-hybridized carbons (Fsp3) is 0.333. The van der Waals surface area contributed by atoms with Gasteiger partial charge in [0, 0.05) is 17.1 Å². The Morgan fingerprint density at radius 3 is 2.74 bits per heavy atom. The van der Waals surface area contributed by atoms with Gasteiger partial charge in [0.05, 0.1) is 12.8 Å². The molecule has 1 aromatic heterocycles. The first kappa shape index (κ1) is 14.3. The van der Waals surface area contributed by atoms with Gasteiger partial charge >= 0.3 is 0 Å². The summed E-state index contributed by atoms with van der Waals surface area (Å²) in [5, 5.41) is 0. The fourth-order valence-corrected chi connectivity index (χ4v) is 2.62. The Labute approximate surface area is 122 Å². The lowest BCUT2D eigenvalue weighted by molar-refractivity contribution is 0.284. The molecule has 0 saturated carbocycles. The van der Waals surface area contributed by atoms with Crippen molar-refractivity contribution in [1.29, 1.82) is 0 Å². The van der Waals surface area contributed by atoms with E-state index in [0.29, 0.717) is 0 Å². The van der Waals surface area contributed by atoms with Crippen molar-refractivity contribution >= 4 is 15.9 Å². The first-order valence-electron chi connectivity index (χ1n) is 6.37. The van der Waals surface area contributed by atoms with Gasteiger partial charge in [0.1, 0.15) is 5.76 Å². The summed E-state index contributed by atoms with van der Waals surface area (Å²) in [6.45, 7) is 1.75. The van der Waals surface area contributed by atoms with E-state index in [-0.39, 0.29) is 6.04 Å². The molecule has 0 aliphatic rings. The maximum absolute atomic E-state index is 6.24. The molecular formula is C15H19BrN2O. The summed E-state index contributed by atoms with van der Waals surface area (Å²) in [7, 11) is 2.08. The van der Waals surface area contributed by atoms with E-state index in [0.717, 1.165) is 35.3 Å². The van der Waals surface area contributed by atoms with Crippen LogP contribution in [-0.4, -0.2) is 18.5 Å². The smallest absolute Gasteiger partial charge is 0.117 e. The molecule has 0 spiro atoms. The molecule has 2 aromatic rings. The van der Waals surface area contributed by atoms with Crippen molar-refractivity contribution in [1.82, 2.24) is 4.90 Å². The lowest BCUT2D eigenvalue weighted by atomic mass is 10.0. The van der Waals surface area contributed by atoms with Crippen LogP contribution in [0.5, 0.6) is 0 Å². The van der Waals surface area contributed by atoms with Gasteiger partial charge in [-0.3, -0.25) is 4.90 Å². The molecule has 1 atom stereocenters. The summed E-state index contributed by atoms with van der Waals surface area (Å²) in [5.74, 6) is 0.983. The highest BCUT2D eigenvalue weighted by molar-refractivity contribution is 9.10. The molecule has 1 unspecified atom stereocenters. The summed E-state index contributed by atoms with van der Waals surface area (Å²) in [6, 6.07) is 12.1. The van der Waals surface area contributed by atoms with Crippen LogP contribution < -0.4 is 5.73 Å². The molecule has 0 bridgehead atoms. The molecule has 4 heteroatoms. The lowest BCUT2D eigenvalue weighted by Gasteiger charge is -2.19. The van der Waals surface area contributed by atoms with Gasteiger partial charge < -0.3 is 10.2 Å². The highest BCUT2D eigenvalue weighted by Gasteiger charge is 2.11. The summed E-state index contributed by atoms with van der Waals surface area (Å²) in [4.78, 5) is 2.22. The number of hydrogen-bond acceptors (Lipinski definition) is 3. The fourth-order valence-electron chi connectivity index (χ4n) is 2.04. The van der Waals surface area contributed by atoms with Crippen molar-refractivity contribution in [3.63, 3.8) is 0 Å². The van der Waals surface area contributed by atoms with Crippen LogP contribution in [0.2, 0.25) is 0 Å². The zero-order valence-corrected chi connectivity index (χ0v) is 12.6. The minimum Gasteiger partial charge on any atom is -0.468 e. The first-order chi connectivity index (χ1) is 9.16. The number of benzene rings is 1. The number of nitrogens with two attached hydrogens (primary N) is 1. The largest absolute Gasteiger partial charge is 0.468 e. The first-order valence-corrected chi connectivity index (χ1v) is 7.17. The summed E-state index contributed by atoms with van der Waals surface area (Å²) >= 11 is 3.54.